The molecule has 0 rings (SSSR count). The number of allylic oxidation sites excluding steroid dienone is 1. The first kappa shape index (κ1) is 19.9. The van der Waals surface area contributed by atoms with Crippen molar-refractivity contribution in [1.82, 2.24) is 0 Å². The number of carbonyl (C=O) groups excluding carboxylic acids is 1. The van der Waals surface area contributed by atoms with Crippen molar-refractivity contribution < 1.29 is 9.53 Å². The van der Waals surface area contributed by atoms with E-state index in [-0.39, 0.29) is 15.5 Å². The molecule has 0 aliphatic carbocycles. The molecule has 0 aromatic heterocycles. The lowest BCUT2D eigenvalue weighted by molar-refractivity contribution is -0.137. The van der Waals surface area contributed by atoms with Gasteiger partial charge in [-0.05, 0) is 13.3 Å². The average Bonchev–Trinajstić information content (AvgIpc) is 2.36. The van der Waals surface area contributed by atoms with Gasteiger partial charge in [0.25, 0.3) is 0 Å². The van der Waals surface area contributed by atoms with Crippen LogP contribution in [0.1, 0.15) is 51.9 Å². The molecule has 0 aliphatic heterocycles. The van der Waals surface area contributed by atoms with Gasteiger partial charge in [0.05, 0.1) is 6.61 Å². The van der Waals surface area contributed by atoms with E-state index in [0.29, 0.717) is 6.61 Å². The van der Waals surface area contributed by atoms with Gasteiger partial charge in [-0.25, -0.2) is 4.79 Å². The van der Waals surface area contributed by atoms with E-state index in [1.165, 1.54) is 50.6 Å². The lowest BCUT2D eigenvalue weighted by atomic mass is 10.1. The third kappa shape index (κ3) is 16.8. The SMILES string of the molecule is CC=CC(=O)OCCCCCCCCC[SiH2]C(I)I. The van der Waals surface area contributed by atoms with Gasteiger partial charge in [-0.1, -0.05) is 95.8 Å². The molecule has 0 atom stereocenters. The summed E-state index contributed by atoms with van der Waals surface area (Å²) in [6.45, 7) is 2.39. The van der Waals surface area contributed by atoms with Crippen molar-refractivity contribution in [3.05, 3.63) is 12.2 Å². The van der Waals surface area contributed by atoms with E-state index in [1.54, 1.807) is 6.08 Å². The highest BCUT2D eigenvalue weighted by molar-refractivity contribution is 14.2. The summed E-state index contributed by atoms with van der Waals surface area (Å²) in [6.07, 6.45) is 12.2. The Balaban J connectivity index is 3.09. The number of alkyl halides is 2. The lowest BCUT2D eigenvalue weighted by Gasteiger charge is -2.03. The highest BCUT2D eigenvalue weighted by Gasteiger charge is 1.98. The Morgan fingerprint density at radius 2 is 1.68 bits per heavy atom. The Labute approximate surface area is 147 Å². The Bertz CT molecular complexity index is 246. The van der Waals surface area contributed by atoms with Crippen LogP contribution in [0.3, 0.4) is 0 Å². The standard InChI is InChI=1S/C14H26I2O2Si/c1-2-10-13(17)18-11-8-6-4-3-5-7-9-12-19-14(15)16/h2,10,14H,3-9,11-12,19H2,1H3. The number of halogens is 2. The minimum Gasteiger partial charge on any atom is -0.463 e. The molecule has 0 bridgehead atoms. The summed E-state index contributed by atoms with van der Waals surface area (Å²) in [5, 5.41) is 0. The first-order chi connectivity index (χ1) is 9.16. The predicted molar refractivity (Wildman–Crippen MR) is 103 cm³/mol. The predicted octanol–water partition coefficient (Wildman–Crippen LogP) is 4.58. The van der Waals surface area contributed by atoms with Crippen LogP contribution in [0.15, 0.2) is 12.2 Å². The molecule has 0 heterocycles. The number of hydrogen-bond donors (Lipinski definition) is 0. The maximum absolute atomic E-state index is 11.0. The number of carbonyl (C=O) groups is 1. The van der Waals surface area contributed by atoms with Crippen molar-refractivity contribution in [2.45, 2.75) is 59.5 Å². The third-order valence-corrected chi connectivity index (χ3v) is 7.95. The number of hydrogen-bond acceptors (Lipinski definition) is 2. The lowest BCUT2D eigenvalue weighted by Crippen LogP contribution is -2.01. The zero-order valence-electron chi connectivity index (χ0n) is 11.9. The van der Waals surface area contributed by atoms with Crippen LogP contribution in [0.25, 0.3) is 0 Å². The van der Waals surface area contributed by atoms with Crippen LogP contribution < -0.4 is 0 Å². The molecule has 2 nitrogen and oxygen atoms in total. The van der Waals surface area contributed by atoms with Crippen molar-refractivity contribution in [3.8, 4) is 0 Å². The van der Waals surface area contributed by atoms with Crippen LogP contribution in [0.4, 0.5) is 0 Å². The van der Waals surface area contributed by atoms with Crippen LogP contribution in [0.2, 0.25) is 6.04 Å². The molecule has 0 fully saturated rings. The number of rotatable bonds is 12. The number of ether oxygens (including phenoxy) is 1. The largest absolute Gasteiger partial charge is 0.463 e. The molecule has 0 aliphatic rings. The van der Waals surface area contributed by atoms with Crippen molar-refractivity contribution in [1.29, 1.82) is 0 Å². The molecular formula is C14H26I2O2Si. The van der Waals surface area contributed by atoms with Crippen LogP contribution in [0.5, 0.6) is 0 Å². The summed E-state index contributed by atoms with van der Waals surface area (Å²) in [5.41, 5.74) is 0. The van der Waals surface area contributed by atoms with Gasteiger partial charge in [-0.2, -0.15) is 0 Å². The van der Waals surface area contributed by atoms with Gasteiger partial charge in [-0.15, -0.1) is 0 Å². The van der Waals surface area contributed by atoms with E-state index >= 15 is 0 Å². The van der Waals surface area contributed by atoms with Crippen molar-refractivity contribution in [2.75, 3.05) is 6.61 Å². The number of unbranched alkanes of at least 4 members (excludes halogenated alkanes) is 6. The summed E-state index contributed by atoms with van der Waals surface area (Å²) in [7, 11) is 0.202. The minimum absolute atomic E-state index is 0.202. The summed E-state index contributed by atoms with van der Waals surface area (Å²) in [4.78, 5) is 11.0. The molecule has 5 heteroatoms. The monoisotopic (exact) mass is 508 g/mol. The quantitative estimate of drug-likeness (QED) is 0.0965. The Morgan fingerprint density at radius 1 is 1.11 bits per heavy atom. The van der Waals surface area contributed by atoms with E-state index < -0.39 is 0 Å². The molecule has 0 aromatic rings. The van der Waals surface area contributed by atoms with Gasteiger partial charge >= 0.3 is 5.97 Å². The summed E-state index contributed by atoms with van der Waals surface area (Å²) >= 11 is 5.10. The molecule has 112 valence electrons. The Morgan fingerprint density at radius 3 is 2.26 bits per heavy atom. The van der Waals surface area contributed by atoms with E-state index in [4.69, 9.17) is 4.74 Å². The number of esters is 1. The highest BCUT2D eigenvalue weighted by Crippen LogP contribution is 2.13. The van der Waals surface area contributed by atoms with Crippen molar-refractivity contribution in [2.24, 2.45) is 0 Å². The smallest absolute Gasteiger partial charge is 0.330 e. The molecule has 0 spiro atoms. The van der Waals surface area contributed by atoms with Gasteiger partial charge in [0.15, 0.2) is 0 Å². The fourth-order valence-electron chi connectivity index (χ4n) is 1.82. The summed E-state index contributed by atoms with van der Waals surface area (Å²) in [5.74, 6) is -0.213. The van der Waals surface area contributed by atoms with Crippen molar-refractivity contribution >= 4 is 60.7 Å². The molecule has 0 radical (unpaired) electrons. The fourth-order valence-corrected chi connectivity index (χ4v) is 5.41. The van der Waals surface area contributed by atoms with E-state index in [2.05, 4.69) is 45.2 Å². The van der Waals surface area contributed by atoms with Gasteiger partial charge in [0.1, 0.15) is 0 Å². The second kappa shape index (κ2) is 15.3. The fraction of sp³-hybridized carbons (Fsp3) is 0.786. The Hall–Kier alpha value is 0.887. The minimum atomic E-state index is -0.213. The van der Waals surface area contributed by atoms with Crippen LogP contribution in [-0.2, 0) is 9.53 Å². The molecule has 0 amide bonds. The third-order valence-electron chi connectivity index (χ3n) is 2.86. The molecule has 0 saturated carbocycles. The van der Waals surface area contributed by atoms with Gasteiger partial charge < -0.3 is 4.74 Å². The molecular weight excluding hydrogens is 482 g/mol. The van der Waals surface area contributed by atoms with Gasteiger partial charge in [0.2, 0.25) is 0 Å². The second-order valence-electron chi connectivity index (χ2n) is 4.68. The summed E-state index contributed by atoms with van der Waals surface area (Å²) < 4.78 is 5.97. The summed E-state index contributed by atoms with van der Waals surface area (Å²) in [6, 6.07) is 1.51. The molecule has 0 unspecified atom stereocenters. The van der Waals surface area contributed by atoms with Crippen LogP contribution >= 0.6 is 45.2 Å². The Kier molecular flexibility index (Phi) is 16.0. The maximum atomic E-state index is 11.0. The average molecular weight is 508 g/mol. The second-order valence-corrected chi connectivity index (χ2v) is 15.5. The van der Waals surface area contributed by atoms with Gasteiger partial charge in [-0.3, -0.25) is 0 Å². The zero-order valence-corrected chi connectivity index (χ0v) is 17.6. The van der Waals surface area contributed by atoms with Gasteiger partial charge in [0, 0.05) is 17.2 Å². The topological polar surface area (TPSA) is 26.3 Å². The van der Waals surface area contributed by atoms with E-state index in [1.807, 2.05) is 6.92 Å². The van der Waals surface area contributed by atoms with Crippen molar-refractivity contribution in [3.63, 3.8) is 0 Å². The van der Waals surface area contributed by atoms with Crippen LogP contribution in [0, 0.1) is 0 Å². The first-order valence-electron chi connectivity index (χ1n) is 7.24. The molecule has 0 aromatic carbocycles. The normalized spacial score (nSPS) is 12.0. The first-order valence-corrected chi connectivity index (χ1v) is 11.5. The zero-order chi connectivity index (χ0) is 14.3. The molecule has 0 N–H and O–H groups in total. The van der Waals surface area contributed by atoms with Crippen LogP contribution in [-0.4, -0.2) is 23.7 Å². The molecule has 0 saturated heterocycles. The maximum Gasteiger partial charge on any atom is 0.330 e. The highest BCUT2D eigenvalue weighted by atomic mass is 127. The van der Waals surface area contributed by atoms with E-state index in [9.17, 15) is 4.79 Å². The van der Waals surface area contributed by atoms with E-state index in [0.717, 1.165) is 7.98 Å². The molecule has 19 heavy (non-hydrogen) atoms.